The first-order valence-corrected chi connectivity index (χ1v) is 15.1. The van der Waals surface area contributed by atoms with Crippen molar-refractivity contribution in [2.75, 3.05) is 55.1 Å². The van der Waals surface area contributed by atoms with Gasteiger partial charge in [-0.2, -0.15) is 0 Å². The first-order chi connectivity index (χ1) is 14.8. The summed E-state index contributed by atoms with van der Waals surface area (Å²) in [5.74, 6) is -0.969. The van der Waals surface area contributed by atoms with Crippen LogP contribution in [-0.4, -0.2) is 83.0 Å². The molecule has 1 N–H and O–H groups in total. The van der Waals surface area contributed by atoms with Crippen molar-refractivity contribution in [3.05, 3.63) is 29.3 Å². The molecule has 0 aliphatic carbocycles. The lowest BCUT2D eigenvalue weighted by Gasteiger charge is -2.31. The van der Waals surface area contributed by atoms with Gasteiger partial charge in [-0.3, -0.25) is 9.69 Å². The lowest BCUT2D eigenvalue weighted by Crippen LogP contribution is -2.34. The van der Waals surface area contributed by atoms with Crippen LogP contribution in [0.3, 0.4) is 0 Å². The average Bonchev–Trinajstić information content (AvgIpc) is 2.67. The van der Waals surface area contributed by atoms with Gasteiger partial charge < -0.3 is 10.0 Å². The molecular formula is C22H38N2O6S2. The van der Waals surface area contributed by atoms with Crippen molar-refractivity contribution >= 4 is 31.3 Å². The summed E-state index contributed by atoms with van der Waals surface area (Å²) in [4.78, 5) is 15.0. The molecule has 0 saturated heterocycles. The normalized spacial score (nSPS) is 13.3. The molecule has 0 amide bonds. The highest BCUT2D eigenvalue weighted by Crippen LogP contribution is 2.29. The van der Waals surface area contributed by atoms with Crippen LogP contribution in [0.1, 0.15) is 50.8 Å². The largest absolute Gasteiger partial charge is 0.481 e. The van der Waals surface area contributed by atoms with Crippen molar-refractivity contribution in [1.82, 2.24) is 4.90 Å². The Morgan fingerprint density at radius 3 is 1.97 bits per heavy atom. The van der Waals surface area contributed by atoms with Gasteiger partial charge >= 0.3 is 5.97 Å². The molecule has 0 spiro atoms. The van der Waals surface area contributed by atoms with E-state index in [2.05, 4.69) is 25.7 Å². The van der Waals surface area contributed by atoms with E-state index >= 15 is 0 Å². The Kier molecular flexibility index (Phi) is 11.1. The van der Waals surface area contributed by atoms with Gasteiger partial charge in [0.1, 0.15) is 19.7 Å². The van der Waals surface area contributed by atoms with Crippen LogP contribution in [0.2, 0.25) is 0 Å². The van der Waals surface area contributed by atoms with Gasteiger partial charge in [0.15, 0.2) is 0 Å². The fourth-order valence-electron chi connectivity index (χ4n) is 3.72. The molecule has 0 heterocycles. The number of aliphatic carboxylic acids is 1. The van der Waals surface area contributed by atoms with E-state index < -0.39 is 25.6 Å². The zero-order valence-corrected chi connectivity index (χ0v) is 21.5. The third-order valence-electron chi connectivity index (χ3n) is 5.61. The third-order valence-corrected chi connectivity index (χ3v) is 7.45. The molecule has 1 aromatic carbocycles. The highest BCUT2D eigenvalue weighted by molar-refractivity contribution is 7.90. The van der Waals surface area contributed by atoms with E-state index in [1.165, 1.54) is 12.5 Å². The second-order valence-electron chi connectivity index (χ2n) is 8.27. The maximum atomic E-state index is 11.7. The fourth-order valence-corrected chi connectivity index (χ4v) is 4.82. The smallest absolute Gasteiger partial charge is 0.303 e. The summed E-state index contributed by atoms with van der Waals surface area (Å²) >= 11 is 0. The molecule has 0 aliphatic rings. The van der Waals surface area contributed by atoms with Crippen molar-refractivity contribution in [2.24, 2.45) is 0 Å². The van der Waals surface area contributed by atoms with Crippen LogP contribution in [-0.2, 0) is 30.9 Å². The van der Waals surface area contributed by atoms with Gasteiger partial charge in [0, 0.05) is 43.8 Å². The first kappa shape index (κ1) is 28.4. The summed E-state index contributed by atoms with van der Waals surface area (Å²) in [6.45, 7) is 8.36. The maximum Gasteiger partial charge on any atom is 0.303 e. The Labute approximate surface area is 193 Å². The molecule has 1 unspecified atom stereocenters. The number of nitrogens with zero attached hydrogens (tertiary/aromatic N) is 2. The Hall–Kier alpha value is -1.65. The minimum Gasteiger partial charge on any atom is -0.481 e. The number of carboxylic acids is 1. The van der Waals surface area contributed by atoms with Crippen LogP contribution in [0.5, 0.6) is 0 Å². The van der Waals surface area contributed by atoms with Crippen molar-refractivity contribution < 1.29 is 26.7 Å². The van der Waals surface area contributed by atoms with Gasteiger partial charge in [0.25, 0.3) is 0 Å². The first-order valence-electron chi connectivity index (χ1n) is 11.0. The van der Waals surface area contributed by atoms with Crippen LogP contribution in [0.4, 0.5) is 5.69 Å². The van der Waals surface area contributed by atoms with Crippen LogP contribution in [0, 0.1) is 0 Å². The number of carbonyl (C=O) groups is 1. The predicted molar refractivity (Wildman–Crippen MR) is 130 cm³/mol. The second kappa shape index (κ2) is 12.6. The van der Waals surface area contributed by atoms with Crippen LogP contribution in [0.15, 0.2) is 18.2 Å². The summed E-state index contributed by atoms with van der Waals surface area (Å²) in [5, 5.41) is 8.99. The van der Waals surface area contributed by atoms with Gasteiger partial charge in [-0.05, 0) is 56.1 Å². The summed E-state index contributed by atoms with van der Waals surface area (Å²) < 4.78 is 47.0. The minimum atomic E-state index is -3.21. The highest BCUT2D eigenvalue weighted by atomic mass is 32.2. The van der Waals surface area contributed by atoms with Crippen LogP contribution < -0.4 is 4.90 Å². The van der Waals surface area contributed by atoms with Gasteiger partial charge in [-0.15, -0.1) is 0 Å². The number of benzene rings is 1. The zero-order valence-electron chi connectivity index (χ0n) is 19.9. The number of anilines is 1. The molecular weight excluding hydrogens is 452 g/mol. The summed E-state index contributed by atoms with van der Waals surface area (Å²) in [6, 6.07) is 5.92. The van der Waals surface area contributed by atoms with E-state index in [0.29, 0.717) is 12.8 Å². The molecule has 0 fully saturated rings. The Morgan fingerprint density at radius 2 is 1.53 bits per heavy atom. The van der Waals surface area contributed by atoms with Gasteiger partial charge in [0.2, 0.25) is 0 Å². The fraction of sp³-hybridized carbons (Fsp3) is 0.682. The van der Waals surface area contributed by atoms with Crippen molar-refractivity contribution in [3.8, 4) is 0 Å². The van der Waals surface area contributed by atoms with Crippen molar-refractivity contribution in [2.45, 2.75) is 46.1 Å². The molecule has 0 aliphatic heterocycles. The second-order valence-corrected chi connectivity index (χ2v) is 12.8. The summed E-state index contributed by atoms with van der Waals surface area (Å²) in [6.07, 6.45) is 3.58. The minimum absolute atomic E-state index is 0.0714. The van der Waals surface area contributed by atoms with E-state index in [4.69, 9.17) is 5.11 Å². The van der Waals surface area contributed by atoms with Gasteiger partial charge in [0.05, 0.1) is 11.5 Å². The number of carboxylic acid groups (broad SMARTS) is 1. The lowest BCUT2D eigenvalue weighted by atomic mass is 9.95. The van der Waals surface area contributed by atoms with E-state index in [-0.39, 0.29) is 37.1 Å². The van der Waals surface area contributed by atoms with Gasteiger partial charge in [-0.25, -0.2) is 16.8 Å². The van der Waals surface area contributed by atoms with Crippen molar-refractivity contribution in [3.63, 3.8) is 0 Å². The molecule has 10 heteroatoms. The topological polar surface area (TPSA) is 112 Å². The average molecular weight is 491 g/mol. The SMILES string of the molecule is CCN(CC)C(C)c1cc(N(CCS(C)(=O)=O)CCS(C)(=O)=O)ccc1CCCC(=O)O. The van der Waals surface area contributed by atoms with Crippen molar-refractivity contribution in [1.29, 1.82) is 0 Å². The molecule has 184 valence electrons. The van der Waals surface area contributed by atoms with Crippen LogP contribution in [0.25, 0.3) is 0 Å². The monoisotopic (exact) mass is 490 g/mol. The quantitative estimate of drug-likeness (QED) is 0.399. The molecule has 0 radical (unpaired) electrons. The molecule has 1 atom stereocenters. The Morgan fingerprint density at radius 1 is 1.00 bits per heavy atom. The number of sulfone groups is 2. The van der Waals surface area contributed by atoms with Crippen LogP contribution >= 0.6 is 0 Å². The highest BCUT2D eigenvalue weighted by Gasteiger charge is 2.20. The van der Waals surface area contributed by atoms with E-state index in [9.17, 15) is 21.6 Å². The summed E-state index contributed by atoms with van der Waals surface area (Å²) in [5.41, 5.74) is 2.88. The predicted octanol–water partition coefficient (Wildman–Crippen LogP) is 2.39. The van der Waals surface area contributed by atoms with E-state index in [0.717, 1.165) is 29.9 Å². The summed E-state index contributed by atoms with van der Waals surface area (Å²) in [7, 11) is -6.42. The molecule has 0 saturated carbocycles. The van der Waals surface area contributed by atoms with Gasteiger partial charge in [-0.1, -0.05) is 19.9 Å². The number of hydrogen-bond acceptors (Lipinski definition) is 7. The number of aryl methyl sites for hydroxylation is 1. The molecule has 8 nitrogen and oxygen atoms in total. The third kappa shape index (κ3) is 10.3. The Bertz CT molecular complexity index is 921. The standard InChI is InChI=1S/C22H38N2O6S2/c1-6-23(7-2)18(3)21-17-20(12-11-19(21)9-8-10-22(25)26)24(13-15-31(4,27)28)14-16-32(5,29)30/h11-12,17-18H,6-10,13-16H2,1-5H3,(H,25,26). The number of hydrogen-bond donors (Lipinski definition) is 1. The van der Waals surface area contributed by atoms with E-state index in [1.807, 2.05) is 23.1 Å². The molecule has 0 aromatic heterocycles. The number of rotatable bonds is 15. The molecule has 32 heavy (non-hydrogen) atoms. The van der Waals surface area contributed by atoms with E-state index in [1.54, 1.807) is 0 Å². The maximum absolute atomic E-state index is 11.7. The zero-order chi connectivity index (χ0) is 24.5. The molecule has 1 aromatic rings. The Balaban J connectivity index is 3.35. The molecule has 0 bridgehead atoms. The molecule has 1 rings (SSSR count). The lowest BCUT2D eigenvalue weighted by molar-refractivity contribution is -0.137.